The molecule has 0 spiro atoms. The molecule has 0 fully saturated rings. The number of hydrogen-bond donors (Lipinski definition) is 0. The van der Waals surface area contributed by atoms with Gasteiger partial charge in [0.05, 0.1) is 0 Å². The molecule has 0 saturated carbocycles. The van der Waals surface area contributed by atoms with Gasteiger partial charge in [-0.25, -0.2) is 0 Å². The quantitative estimate of drug-likeness (QED) is 0.0263. The summed E-state index contributed by atoms with van der Waals surface area (Å²) in [5, 5.41) is 0. The number of carbonyl (C=O) groups excluding carboxylic acids is 3. The normalized spacial score (nSPS) is 12.9. The maximum absolute atomic E-state index is 12.8. The highest BCUT2D eigenvalue weighted by Gasteiger charge is 2.19. The molecule has 352 valence electrons. The minimum absolute atomic E-state index is 0.103. The largest absolute Gasteiger partial charge is 0.462 e. The Hall–Kier alpha value is -3.67. The zero-order valence-electron chi connectivity index (χ0n) is 40.1. The maximum Gasteiger partial charge on any atom is 0.306 e. The second-order valence-corrected chi connectivity index (χ2v) is 16.5. The van der Waals surface area contributed by atoms with Crippen LogP contribution in [0.5, 0.6) is 0 Å². The standard InChI is InChI=1S/C56H92O6/c1-4-7-10-13-16-19-22-25-27-29-31-34-37-40-43-46-49-55(58)61-52-53(51-60-54(57)48-45-42-39-36-33-30-24-21-18-15-12-9-6-3)62-56(59)50-47-44-41-38-35-32-28-26-23-20-17-14-11-8-5-2/h8-9,11-12,14-15,17-18,20-21,23-24,27,29,31,34,53H,4-7,10,13,16,19,22,25-26,28,30,32-33,35-52H2,1-3H3/b11-8+,12-9+,17-14+,18-15+,23-20+,24-21+,29-27+,34-31+. The van der Waals surface area contributed by atoms with Crippen LogP contribution in [-0.4, -0.2) is 37.2 Å². The van der Waals surface area contributed by atoms with Crippen LogP contribution in [0, 0.1) is 0 Å². The minimum Gasteiger partial charge on any atom is -0.462 e. The van der Waals surface area contributed by atoms with Crippen LogP contribution < -0.4 is 0 Å². The summed E-state index contributed by atoms with van der Waals surface area (Å²) in [4.78, 5) is 37.9. The molecular weight excluding hydrogens is 769 g/mol. The SMILES string of the molecule is CC/C=C/C=C/C=C/CCCCCCCCCC(=O)OC(COC(=O)CCCCC/C=C/C=C/CCCCCCCCC)COC(=O)CCCCCCC/C=C/C=C/C=C/CC. The van der Waals surface area contributed by atoms with Gasteiger partial charge >= 0.3 is 17.9 Å². The lowest BCUT2D eigenvalue weighted by atomic mass is 10.1. The van der Waals surface area contributed by atoms with Gasteiger partial charge in [0.25, 0.3) is 0 Å². The minimum atomic E-state index is -0.803. The second kappa shape index (κ2) is 50.0. The van der Waals surface area contributed by atoms with Crippen LogP contribution in [0.3, 0.4) is 0 Å². The molecule has 1 unspecified atom stereocenters. The van der Waals surface area contributed by atoms with Crippen molar-refractivity contribution < 1.29 is 28.6 Å². The van der Waals surface area contributed by atoms with Crippen molar-refractivity contribution >= 4 is 17.9 Å². The van der Waals surface area contributed by atoms with Gasteiger partial charge in [-0.3, -0.25) is 14.4 Å². The first-order valence-corrected chi connectivity index (χ1v) is 25.3. The summed E-state index contributed by atoms with van der Waals surface area (Å²) >= 11 is 0. The molecule has 0 aliphatic heterocycles. The molecule has 0 bridgehead atoms. The van der Waals surface area contributed by atoms with Gasteiger partial charge in [0.15, 0.2) is 6.10 Å². The summed E-state index contributed by atoms with van der Waals surface area (Å²) in [6.45, 7) is 6.31. The summed E-state index contributed by atoms with van der Waals surface area (Å²) in [6.07, 6.45) is 65.3. The second-order valence-electron chi connectivity index (χ2n) is 16.5. The molecule has 1 atom stereocenters. The first kappa shape index (κ1) is 58.3. The molecule has 0 radical (unpaired) electrons. The molecule has 0 aliphatic rings. The van der Waals surface area contributed by atoms with Crippen LogP contribution in [0.4, 0.5) is 0 Å². The summed E-state index contributed by atoms with van der Waals surface area (Å²) < 4.78 is 16.7. The van der Waals surface area contributed by atoms with Crippen molar-refractivity contribution in [2.45, 2.75) is 226 Å². The molecule has 0 aromatic heterocycles. The van der Waals surface area contributed by atoms with Crippen LogP contribution in [0.1, 0.15) is 220 Å². The summed E-state index contributed by atoms with van der Waals surface area (Å²) in [5.41, 5.74) is 0. The van der Waals surface area contributed by atoms with Crippen molar-refractivity contribution in [1.82, 2.24) is 0 Å². The van der Waals surface area contributed by atoms with E-state index in [4.69, 9.17) is 14.2 Å². The Morgan fingerprint density at radius 1 is 0.339 bits per heavy atom. The van der Waals surface area contributed by atoms with E-state index in [2.05, 4.69) is 118 Å². The molecular formula is C56H92O6. The molecule has 62 heavy (non-hydrogen) atoms. The Bertz CT molecular complexity index is 1260. The summed E-state index contributed by atoms with van der Waals surface area (Å²) in [7, 11) is 0. The highest BCUT2D eigenvalue weighted by molar-refractivity contribution is 5.71. The Morgan fingerprint density at radius 3 is 1.00 bits per heavy atom. The first-order valence-electron chi connectivity index (χ1n) is 25.3. The van der Waals surface area contributed by atoms with Gasteiger partial charge in [-0.15, -0.1) is 0 Å². The van der Waals surface area contributed by atoms with Crippen LogP contribution in [0.2, 0.25) is 0 Å². The van der Waals surface area contributed by atoms with Gasteiger partial charge < -0.3 is 14.2 Å². The van der Waals surface area contributed by atoms with E-state index in [0.29, 0.717) is 19.3 Å². The fraction of sp³-hybridized carbons (Fsp3) is 0.661. The van der Waals surface area contributed by atoms with Crippen molar-refractivity contribution in [3.8, 4) is 0 Å². The zero-order valence-corrected chi connectivity index (χ0v) is 40.1. The number of hydrogen-bond acceptors (Lipinski definition) is 6. The molecule has 6 nitrogen and oxygen atoms in total. The Kier molecular flexibility index (Phi) is 47.0. The van der Waals surface area contributed by atoms with E-state index in [1.54, 1.807) is 0 Å². The first-order chi connectivity index (χ1) is 30.5. The highest BCUT2D eigenvalue weighted by atomic mass is 16.6. The van der Waals surface area contributed by atoms with E-state index in [1.165, 1.54) is 64.2 Å². The Labute approximate surface area is 381 Å². The monoisotopic (exact) mass is 861 g/mol. The van der Waals surface area contributed by atoms with E-state index in [9.17, 15) is 14.4 Å². The molecule has 0 aromatic rings. The van der Waals surface area contributed by atoms with Gasteiger partial charge in [0.1, 0.15) is 13.2 Å². The number of unbranched alkanes of at least 4 members (excludes halogenated alkanes) is 22. The fourth-order valence-electron chi connectivity index (χ4n) is 6.67. The van der Waals surface area contributed by atoms with E-state index in [-0.39, 0.29) is 31.1 Å². The highest BCUT2D eigenvalue weighted by Crippen LogP contribution is 2.13. The maximum atomic E-state index is 12.8. The molecule has 0 rings (SSSR count). The lowest BCUT2D eigenvalue weighted by molar-refractivity contribution is -0.167. The number of ether oxygens (including phenoxy) is 3. The van der Waals surface area contributed by atoms with Crippen LogP contribution >= 0.6 is 0 Å². The molecule has 0 aromatic carbocycles. The molecule has 0 amide bonds. The van der Waals surface area contributed by atoms with Gasteiger partial charge in [-0.1, -0.05) is 214 Å². The van der Waals surface area contributed by atoms with Crippen LogP contribution in [-0.2, 0) is 28.6 Å². The third-order valence-corrected chi connectivity index (χ3v) is 10.5. The summed E-state index contributed by atoms with van der Waals surface area (Å²) in [6, 6.07) is 0. The third kappa shape index (κ3) is 47.4. The number of rotatable bonds is 44. The smallest absolute Gasteiger partial charge is 0.306 e. The average molecular weight is 861 g/mol. The zero-order chi connectivity index (χ0) is 45.1. The summed E-state index contributed by atoms with van der Waals surface area (Å²) in [5.74, 6) is -0.965. The van der Waals surface area contributed by atoms with Gasteiger partial charge in [0, 0.05) is 19.3 Å². The van der Waals surface area contributed by atoms with Crippen molar-refractivity contribution in [3.63, 3.8) is 0 Å². The Balaban J connectivity index is 4.48. The predicted molar refractivity (Wildman–Crippen MR) is 265 cm³/mol. The molecule has 0 heterocycles. The molecule has 0 N–H and O–H groups in total. The van der Waals surface area contributed by atoms with Gasteiger partial charge in [0.2, 0.25) is 0 Å². The molecule has 0 saturated heterocycles. The lowest BCUT2D eigenvalue weighted by Crippen LogP contribution is -2.30. The van der Waals surface area contributed by atoms with Crippen molar-refractivity contribution in [2.24, 2.45) is 0 Å². The van der Waals surface area contributed by atoms with E-state index < -0.39 is 6.10 Å². The fourth-order valence-corrected chi connectivity index (χ4v) is 6.67. The van der Waals surface area contributed by atoms with Crippen LogP contribution in [0.25, 0.3) is 0 Å². The van der Waals surface area contributed by atoms with E-state index >= 15 is 0 Å². The van der Waals surface area contributed by atoms with Gasteiger partial charge in [-0.2, -0.15) is 0 Å². The van der Waals surface area contributed by atoms with Crippen molar-refractivity contribution in [3.05, 3.63) is 97.2 Å². The predicted octanol–water partition coefficient (Wildman–Crippen LogP) is 16.6. The number of carbonyl (C=O) groups is 3. The van der Waals surface area contributed by atoms with Crippen LogP contribution in [0.15, 0.2) is 97.2 Å². The Morgan fingerprint density at radius 2 is 0.629 bits per heavy atom. The lowest BCUT2D eigenvalue weighted by Gasteiger charge is -2.18. The average Bonchev–Trinajstić information content (AvgIpc) is 3.27. The van der Waals surface area contributed by atoms with E-state index in [0.717, 1.165) is 116 Å². The molecule has 0 aliphatic carbocycles. The third-order valence-electron chi connectivity index (χ3n) is 10.5. The van der Waals surface area contributed by atoms with Gasteiger partial charge in [-0.05, 0) is 83.5 Å². The topological polar surface area (TPSA) is 78.9 Å². The van der Waals surface area contributed by atoms with Crippen molar-refractivity contribution in [2.75, 3.05) is 13.2 Å². The van der Waals surface area contributed by atoms with E-state index in [1.807, 2.05) is 0 Å². The number of esters is 3. The number of allylic oxidation sites excluding steroid dienone is 16. The molecule has 6 heteroatoms. The van der Waals surface area contributed by atoms with Crippen molar-refractivity contribution in [1.29, 1.82) is 0 Å².